The van der Waals surface area contributed by atoms with E-state index in [1.54, 1.807) is 6.92 Å². The average Bonchev–Trinajstić information content (AvgIpc) is 1.85. The molecule has 3 nitrogen and oxygen atoms in total. The van der Waals surface area contributed by atoms with Crippen LogP contribution in [0.15, 0.2) is 12.2 Å². The SMILES string of the molecule is CCOC(=O)C=CC(C)=O. The second-order valence-corrected chi connectivity index (χ2v) is 1.70. The number of carbonyl (C=O) groups is 2. The molecule has 0 aromatic rings. The van der Waals surface area contributed by atoms with Crippen molar-refractivity contribution in [3.63, 3.8) is 0 Å². The van der Waals surface area contributed by atoms with E-state index >= 15 is 0 Å². The minimum Gasteiger partial charge on any atom is -0.463 e. The highest BCUT2D eigenvalue weighted by Gasteiger charge is 1.92. The minimum absolute atomic E-state index is 0.159. The molecular formula is C7H10O3. The number of ketones is 1. The molecule has 0 aromatic carbocycles. The van der Waals surface area contributed by atoms with E-state index in [9.17, 15) is 9.59 Å². The van der Waals surface area contributed by atoms with E-state index in [-0.39, 0.29) is 5.78 Å². The zero-order chi connectivity index (χ0) is 7.98. The predicted octanol–water partition coefficient (Wildman–Crippen LogP) is 0.695. The van der Waals surface area contributed by atoms with Crippen molar-refractivity contribution in [1.82, 2.24) is 0 Å². The number of hydrogen-bond acceptors (Lipinski definition) is 3. The largest absolute Gasteiger partial charge is 0.463 e. The molecule has 0 saturated carbocycles. The highest BCUT2D eigenvalue weighted by molar-refractivity contribution is 5.94. The molecule has 0 unspecified atom stereocenters. The first-order valence-electron chi connectivity index (χ1n) is 3.02. The molecule has 0 spiro atoms. The number of rotatable bonds is 3. The smallest absolute Gasteiger partial charge is 0.330 e. The van der Waals surface area contributed by atoms with Crippen molar-refractivity contribution in [3.05, 3.63) is 12.2 Å². The zero-order valence-electron chi connectivity index (χ0n) is 6.09. The molecule has 0 saturated heterocycles. The van der Waals surface area contributed by atoms with Gasteiger partial charge in [-0.1, -0.05) is 0 Å². The summed E-state index contributed by atoms with van der Waals surface area (Å²) in [6.07, 6.45) is 2.30. The fourth-order valence-corrected chi connectivity index (χ4v) is 0.376. The van der Waals surface area contributed by atoms with E-state index in [0.717, 1.165) is 6.08 Å². The van der Waals surface area contributed by atoms with Crippen molar-refractivity contribution in [2.75, 3.05) is 6.61 Å². The highest BCUT2D eigenvalue weighted by atomic mass is 16.5. The van der Waals surface area contributed by atoms with Crippen LogP contribution in [-0.2, 0) is 14.3 Å². The summed E-state index contributed by atoms with van der Waals surface area (Å²) in [6.45, 7) is 3.41. The van der Waals surface area contributed by atoms with E-state index in [2.05, 4.69) is 4.74 Å². The van der Waals surface area contributed by atoms with Gasteiger partial charge < -0.3 is 4.74 Å². The lowest BCUT2D eigenvalue weighted by atomic mass is 10.4. The van der Waals surface area contributed by atoms with E-state index < -0.39 is 5.97 Å². The molecule has 0 radical (unpaired) electrons. The molecule has 0 aliphatic rings. The number of ether oxygens (including phenoxy) is 1. The van der Waals surface area contributed by atoms with Crippen LogP contribution in [0.5, 0.6) is 0 Å². The molecule has 0 rings (SSSR count). The number of allylic oxidation sites excluding steroid dienone is 1. The van der Waals surface area contributed by atoms with Crippen LogP contribution in [0, 0.1) is 0 Å². The fraction of sp³-hybridized carbons (Fsp3) is 0.429. The molecule has 0 amide bonds. The summed E-state index contributed by atoms with van der Waals surface area (Å²) < 4.78 is 4.51. The Labute approximate surface area is 59.7 Å². The van der Waals surface area contributed by atoms with Crippen molar-refractivity contribution in [1.29, 1.82) is 0 Å². The summed E-state index contributed by atoms with van der Waals surface area (Å²) in [4.78, 5) is 20.7. The summed E-state index contributed by atoms with van der Waals surface area (Å²) in [7, 11) is 0. The first-order chi connectivity index (χ1) is 4.66. The molecule has 0 aliphatic heterocycles. The Bertz CT molecular complexity index is 158. The summed E-state index contributed by atoms with van der Waals surface area (Å²) in [5.74, 6) is -0.634. The Morgan fingerprint density at radius 2 is 2.00 bits per heavy atom. The molecule has 3 heteroatoms. The first kappa shape index (κ1) is 8.88. The van der Waals surface area contributed by atoms with Crippen LogP contribution < -0.4 is 0 Å². The number of carbonyl (C=O) groups excluding carboxylic acids is 2. The summed E-state index contributed by atoms with van der Waals surface area (Å²) in [6, 6.07) is 0. The van der Waals surface area contributed by atoms with Crippen LogP contribution in [0.2, 0.25) is 0 Å². The molecule has 0 bridgehead atoms. The van der Waals surface area contributed by atoms with Gasteiger partial charge in [0.25, 0.3) is 0 Å². The van der Waals surface area contributed by atoms with Gasteiger partial charge >= 0.3 is 5.97 Å². The van der Waals surface area contributed by atoms with Crippen molar-refractivity contribution in [3.8, 4) is 0 Å². The molecule has 0 fully saturated rings. The second kappa shape index (κ2) is 4.73. The van der Waals surface area contributed by atoms with Crippen molar-refractivity contribution in [2.24, 2.45) is 0 Å². The molecule has 0 aliphatic carbocycles. The van der Waals surface area contributed by atoms with E-state index in [4.69, 9.17) is 0 Å². The minimum atomic E-state index is -0.474. The normalized spacial score (nSPS) is 9.80. The topological polar surface area (TPSA) is 43.4 Å². The number of hydrogen-bond donors (Lipinski definition) is 0. The van der Waals surface area contributed by atoms with Gasteiger partial charge in [0, 0.05) is 6.08 Å². The van der Waals surface area contributed by atoms with E-state index in [1.807, 2.05) is 0 Å². The summed E-state index contributed by atoms with van der Waals surface area (Å²) >= 11 is 0. The first-order valence-corrected chi connectivity index (χ1v) is 3.02. The molecule has 0 aromatic heterocycles. The Morgan fingerprint density at radius 1 is 1.40 bits per heavy atom. The Kier molecular flexibility index (Phi) is 4.20. The maximum Gasteiger partial charge on any atom is 0.330 e. The molecule has 56 valence electrons. The third kappa shape index (κ3) is 5.03. The lowest BCUT2D eigenvalue weighted by molar-refractivity contribution is -0.137. The summed E-state index contributed by atoms with van der Waals surface area (Å²) in [5.41, 5.74) is 0. The Morgan fingerprint density at radius 3 is 2.40 bits per heavy atom. The predicted molar refractivity (Wildman–Crippen MR) is 36.5 cm³/mol. The fourth-order valence-electron chi connectivity index (χ4n) is 0.376. The van der Waals surface area contributed by atoms with Crippen LogP contribution in [0.3, 0.4) is 0 Å². The van der Waals surface area contributed by atoms with Gasteiger partial charge in [-0.15, -0.1) is 0 Å². The molecular weight excluding hydrogens is 132 g/mol. The van der Waals surface area contributed by atoms with Crippen LogP contribution in [0.1, 0.15) is 13.8 Å². The number of esters is 1. The van der Waals surface area contributed by atoms with Gasteiger partial charge in [0.05, 0.1) is 6.61 Å². The zero-order valence-corrected chi connectivity index (χ0v) is 6.09. The lowest BCUT2D eigenvalue weighted by Crippen LogP contribution is -1.99. The Balaban J connectivity index is 3.67. The maximum absolute atomic E-state index is 10.5. The van der Waals surface area contributed by atoms with Gasteiger partial charge in [-0.3, -0.25) is 4.79 Å². The monoisotopic (exact) mass is 142 g/mol. The van der Waals surface area contributed by atoms with Gasteiger partial charge in [0.15, 0.2) is 5.78 Å². The lowest BCUT2D eigenvalue weighted by Gasteiger charge is -1.92. The van der Waals surface area contributed by atoms with Crippen molar-refractivity contribution >= 4 is 11.8 Å². The highest BCUT2D eigenvalue weighted by Crippen LogP contribution is 1.81. The standard InChI is InChI=1S/C7H10O3/c1-3-10-7(9)5-4-6(2)8/h4-5H,3H2,1-2H3. The maximum atomic E-state index is 10.5. The van der Waals surface area contributed by atoms with Gasteiger partial charge in [-0.2, -0.15) is 0 Å². The molecule has 10 heavy (non-hydrogen) atoms. The van der Waals surface area contributed by atoms with Gasteiger partial charge in [0.2, 0.25) is 0 Å². The van der Waals surface area contributed by atoms with Crippen molar-refractivity contribution in [2.45, 2.75) is 13.8 Å². The van der Waals surface area contributed by atoms with Gasteiger partial charge in [0.1, 0.15) is 0 Å². The van der Waals surface area contributed by atoms with E-state index in [0.29, 0.717) is 6.61 Å². The van der Waals surface area contributed by atoms with Crippen LogP contribution in [-0.4, -0.2) is 18.4 Å². The van der Waals surface area contributed by atoms with Crippen LogP contribution in [0.4, 0.5) is 0 Å². The molecule has 0 N–H and O–H groups in total. The van der Waals surface area contributed by atoms with Gasteiger partial charge in [-0.25, -0.2) is 4.79 Å². The van der Waals surface area contributed by atoms with Gasteiger partial charge in [-0.05, 0) is 19.9 Å². The quantitative estimate of drug-likeness (QED) is 0.430. The molecule has 0 atom stereocenters. The third-order valence-corrected chi connectivity index (χ3v) is 0.741. The Hall–Kier alpha value is -1.12. The average molecular weight is 142 g/mol. The van der Waals surface area contributed by atoms with Crippen LogP contribution in [0.25, 0.3) is 0 Å². The van der Waals surface area contributed by atoms with Crippen LogP contribution >= 0.6 is 0 Å². The van der Waals surface area contributed by atoms with E-state index in [1.165, 1.54) is 13.0 Å². The van der Waals surface area contributed by atoms with Crippen molar-refractivity contribution < 1.29 is 14.3 Å². The third-order valence-electron chi connectivity index (χ3n) is 0.741. The second-order valence-electron chi connectivity index (χ2n) is 1.70. The molecule has 0 heterocycles. The summed E-state index contributed by atoms with van der Waals surface area (Å²) in [5, 5.41) is 0.